The maximum atomic E-state index is 13.0. The fourth-order valence-corrected chi connectivity index (χ4v) is 3.91. The molecule has 164 valence electrons. The number of benzene rings is 2. The highest BCUT2D eigenvalue weighted by Crippen LogP contribution is 2.40. The highest BCUT2D eigenvalue weighted by molar-refractivity contribution is 7.84. The number of nitrogens with one attached hydrogen (secondary N) is 1. The summed E-state index contributed by atoms with van der Waals surface area (Å²) in [5.41, 5.74) is 1.92. The minimum Gasteiger partial charge on any atom is -0.311 e. The molecule has 0 saturated heterocycles. The van der Waals surface area contributed by atoms with E-state index in [4.69, 9.17) is 0 Å². The lowest BCUT2D eigenvalue weighted by atomic mass is 9.77. The van der Waals surface area contributed by atoms with Crippen molar-refractivity contribution in [2.24, 2.45) is 0 Å². The lowest BCUT2D eigenvalue weighted by Crippen LogP contribution is -2.31. The summed E-state index contributed by atoms with van der Waals surface area (Å²) >= 11 is 0. The molecule has 1 unspecified atom stereocenters. The zero-order chi connectivity index (χ0) is 22.8. The molecule has 0 amide bonds. The Hall–Kier alpha value is -2.67. The van der Waals surface area contributed by atoms with Crippen LogP contribution in [-0.4, -0.2) is 14.7 Å². The van der Waals surface area contributed by atoms with Gasteiger partial charge in [-0.1, -0.05) is 42.5 Å². The Morgan fingerprint density at radius 1 is 1.00 bits per heavy atom. The second-order valence-electron chi connectivity index (χ2n) is 8.37. The molecule has 3 rings (SSSR count). The molecule has 3 nitrogen and oxygen atoms in total. The van der Waals surface area contributed by atoms with Gasteiger partial charge in [-0.2, -0.15) is 13.2 Å². The van der Waals surface area contributed by atoms with Gasteiger partial charge in [-0.15, -0.1) is 0 Å². The summed E-state index contributed by atoms with van der Waals surface area (Å²) in [4.78, 5) is 13.0. The minimum absolute atomic E-state index is 0.256. The average molecular weight is 448 g/mol. The summed E-state index contributed by atoms with van der Waals surface area (Å²) in [6, 6.07) is 14.3. The normalized spacial score (nSPS) is 19.8. The lowest BCUT2D eigenvalue weighted by Gasteiger charge is -2.26. The molecule has 7 heteroatoms. The first-order valence-electron chi connectivity index (χ1n) is 9.82. The largest absolute Gasteiger partial charge is 0.416 e. The smallest absolute Gasteiger partial charge is 0.311 e. The molecular formula is C24H24F3NO2S. The van der Waals surface area contributed by atoms with Gasteiger partial charge in [-0.25, -0.2) is 4.21 Å². The van der Waals surface area contributed by atoms with Gasteiger partial charge in [0.05, 0.1) is 10.3 Å². The van der Waals surface area contributed by atoms with Crippen LogP contribution in [0.5, 0.6) is 0 Å². The fraction of sp³-hybridized carbons (Fsp3) is 0.292. The zero-order valence-corrected chi connectivity index (χ0v) is 18.3. The first-order valence-corrected chi connectivity index (χ1v) is 11.0. The molecule has 0 spiro atoms. The highest BCUT2D eigenvalue weighted by atomic mass is 32.2. The number of hydrogen-bond acceptors (Lipinski definition) is 2. The van der Waals surface area contributed by atoms with Crippen LogP contribution in [0, 0.1) is 0 Å². The maximum Gasteiger partial charge on any atom is 0.416 e. The quantitative estimate of drug-likeness (QED) is 0.604. The molecule has 1 aliphatic rings. The van der Waals surface area contributed by atoms with Crippen molar-refractivity contribution in [1.29, 1.82) is 0 Å². The van der Waals surface area contributed by atoms with Gasteiger partial charge >= 0.3 is 6.18 Å². The Balaban J connectivity index is 2.01. The molecule has 1 N–H and O–H groups in total. The standard InChI is InChI=1S/C24H24F3NO2S/c1-23(2,3)31(30)28-15-21-20(17-9-11-19(12-10-17)24(25,26)27)13-18(14-22(21)29)16-7-5-4-6-8-16/h4-12,14-15,20,28H,13H2,1-3H3/b21-15-/t20-,31?/m1/s1. The van der Waals surface area contributed by atoms with E-state index in [-0.39, 0.29) is 5.78 Å². The number of carbonyl (C=O) groups is 1. The van der Waals surface area contributed by atoms with Crippen LogP contribution >= 0.6 is 0 Å². The predicted octanol–water partition coefficient (Wildman–Crippen LogP) is 5.78. The molecule has 2 atom stereocenters. The topological polar surface area (TPSA) is 46.2 Å². The molecule has 2 aromatic carbocycles. The summed E-state index contributed by atoms with van der Waals surface area (Å²) in [7, 11) is -1.43. The Labute approximate surface area is 182 Å². The number of hydrogen-bond donors (Lipinski definition) is 1. The lowest BCUT2D eigenvalue weighted by molar-refractivity contribution is -0.137. The van der Waals surface area contributed by atoms with Gasteiger partial charge in [-0.3, -0.25) is 4.79 Å². The van der Waals surface area contributed by atoms with Crippen LogP contribution in [-0.2, 0) is 22.0 Å². The van der Waals surface area contributed by atoms with Gasteiger partial charge in [0.1, 0.15) is 11.0 Å². The van der Waals surface area contributed by atoms with Gasteiger partial charge < -0.3 is 4.72 Å². The first-order chi connectivity index (χ1) is 14.5. The number of allylic oxidation sites excluding steroid dienone is 3. The van der Waals surface area contributed by atoms with Crippen LogP contribution in [0.3, 0.4) is 0 Å². The van der Waals surface area contributed by atoms with Crippen LogP contribution < -0.4 is 4.72 Å². The van der Waals surface area contributed by atoms with E-state index in [1.807, 2.05) is 30.3 Å². The van der Waals surface area contributed by atoms with E-state index in [9.17, 15) is 22.2 Å². The van der Waals surface area contributed by atoms with Crippen LogP contribution in [0.4, 0.5) is 13.2 Å². The monoisotopic (exact) mass is 447 g/mol. The van der Waals surface area contributed by atoms with Gasteiger partial charge in [0.2, 0.25) is 0 Å². The highest BCUT2D eigenvalue weighted by Gasteiger charge is 2.32. The molecule has 0 aliphatic heterocycles. The van der Waals surface area contributed by atoms with Gasteiger partial charge in [0.15, 0.2) is 5.78 Å². The Morgan fingerprint density at radius 3 is 2.16 bits per heavy atom. The third-order valence-corrected chi connectivity index (χ3v) is 6.50. The number of halogens is 3. The third-order valence-electron chi connectivity index (χ3n) is 5.05. The summed E-state index contributed by atoms with van der Waals surface area (Å²) in [5, 5.41) is 0. The van der Waals surface area contributed by atoms with Crippen LogP contribution in [0.2, 0.25) is 0 Å². The van der Waals surface area contributed by atoms with E-state index >= 15 is 0 Å². The molecule has 0 heterocycles. The van der Waals surface area contributed by atoms with Crippen LogP contribution in [0.1, 0.15) is 49.8 Å². The number of rotatable bonds is 4. The molecule has 0 saturated carbocycles. The third kappa shape index (κ3) is 5.53. The summed E-state index contributed by atoms with van der Waals surface area (Å²) in [6.07, 6.45) is -0.996. The van der Waals surface area contributed by atoms with Crippen LogP contribution in [0.25, 0.3) is 5.57 Å². The number of alkyl halides is 3. The summed E-state index contributed by atoms with van der Waals surface area (Å²) < 4.78 is 53.6. The van der Waals surface area contributed by atoms with E-state index in [0.717, 1.165) is 23.3 Å². The molecule has 1 aliphatic carbocycles. The zero-order valence-electron chi connectivity index (χ0n) is 17.5. The second-order valence-corrected chi connectivity index (χ2v) is 10.4. The summed E-state index contributed by atoms with van der Waals surface area (Å²) in [6.45, 7) is 5.41. The van der Waals surface area contributed by atoms with E-state index in [2.05, 4.69) is 4.72 Å². The van der Waals surface area contributed by atoms with E-state index in [1.54, 1.807) is 26.8 Å². The van der Waals surface area contributed by atoms with Gasteiger partial charge in [0, 0.05) is 17.7 Å². The van der Waals surface area contributed by atoms with Crippen molar-refractivity contribution in [2.45, 2.75) is 44.0 Å². The Kier molecular flexibility index (Phi) is 6.55. The summed E-state index contributed by atoms with van der Waals surface area (Å²) in [5.74, 6) is -0.715. The Morgan fingerprint density at radius 2 is 1.61 bits per heavy atom. The SMILES string of the molecule is CC(C)(C)S(=O)N/C=C1\C(=O)C=C(c2ccccc2)C[C@@H]1c1ccc(C(F)(F)F)cc1. The van der Waals surface area contributed by atoms with Crippen molar-refractivity contribution in [2.75, 3.05) is 0 Å². The van der Waals surface area contributed by atoms with E-state index < -0.39 is 33.4 Å². The van der Waals surface area contributed by atoms with E-state index in [0.29, 0.717) is 17.6 Å². The molecule has 0 fully saturated rings. The molecule has 0 bridgehead atoms. The number of carbonyl (C=O) groups excluding carboxylic acids is 1. The Bertz CT molecular complexity index is 1030. The second kappa shape index (κ2) is 8.83. The van der Waals surface area contributed by atoms with Gasteiger partial charge in [-0.05, 0) is 62.1 Å². The molecule has 0 radical (unpaired) electrons. The molecule has 2 aromatic rings. The predicted molar refractivity (Wildman–Crippen MR) is 117 cm³/mol. The van der Waals surface area contributed by atoms with Crippen LogP contribution in [0.15, 0.2) is 72.4 Å². The maximum absolute atomic E-state index is 13.0. The minimum atomic E-state index is -4.43. The molecule has 31 heavy (non-hydrogen) atoms. The van der Waals surface area contributed by atoms with Crippen molar-refractivity contribution < 1.29 is 22.2 Å². The van der Waals surface area contributed by atoms with E-state index in [1.165, 1.54) is 18.3 Å². The fourth-order valence-electron chi connectivity index (χ4n) is 3.32. The number of ketones is 1. The molecule has 0 aromatic heterocycles. The van der Waals surface area contributed by atoms with Gasteiger partial charge in [0.25, 0.3) is 0 Å². The first kappa shape index (κ1) is 23.0. The van der Waals surface area contributed by atoms with Crippen molar-refractivity contribution in [3.63, 3.8) is 0 Å². The van der Waals surface area contributed by atoms with Crippen molar-refractivity contribution in [1.82, 2.24) is 4.72 Å². The average Bonchev–Trinajstić information content (AvgIpc) is 2.71. The van der Waals surface area contributed by atoms with Crippen molar-refractivity contribution >= 4 is 22.3 Å². The van der Waals surface area contributed by atoms with Crippen molar-refractivity contribution in [3.8, 4) is 0 Å². The van der Waals surface area contributed by atoms with Crippen molar-refractivity contribution in [3.05, 3.63) is 89.1 Å². The molecular weight excluding hydrogens is 423 g/mol.